The number of hydrogen-bond donors (Lipinski definition) is 2. The number of benzene rings is 1. The van der Waals surface area contributed by atoms with Crippen molar-refractivity contribution >= 4 is 22.6 Å². The van der Waals surface area contributed by atoms with E-state index < -0.39 is 11.9 Å². The van der Waals surface area contributed by atoms with Crippen molar-refractivity contribution in [2.24, 2.45) is 11.7 Å². The molecule has 3 N–H and O–H groups in total. The SMILES string of the molecule is C[C@H](C(N)=O)n1ccc2c(C(=O)NCC3CCCCCC3)cccc2c1=O. The third-order valence-electron chi connectivity index (χ3n) is 5.57. The lowest BCUT2D eigenvalue weighted by Crippen LogP contribution is -2.32. The van der Waals surface area contributed by atoms with Gasteiger partial charge in [-0.15, -0.1) is 0 Å². The average Bonchev–Trinajstić information content (AvgIpc) is 2.94. The van der Waals surface area contributed by atoms with Gasteiger partial charge in [0.05, 0.1) is 0 Å². The third-order valence-corrected chi connectivity index (χ3v) is 5.57. The summed E-state index contributed by atoms with van der Waals surface area (Å²) in [6.45, 7) is 2.25. The van der Waals surface area contributed by atoms with Crippen LogP contribution in [0.4, 0.5) is 0 Å². The van der Waals surface area contributed by atoms with E-state index in [9.17, 15) is 14.4 Å². The number of nitrogens with zero attached hydrogens (tertiary/aromatic N) is 1. The van der Waals surface area contributed by atoms with E-state index in [2.05, 4.69) is 5.32 Å². The molecule has 1 saturated carbocycles. The number of pyridine rings is 1. The van der Waals surface area contributed by atoms with Gasteiger partial charge < -0.3 is 15.6 Å². The fourth-order valence-corrected chi connectivity index (χ4v) is 3.83. The molecule has 2 amide bonds. The molecule has 1 aliphatic rings. The molecule has 0 radical (unpaired) electrons. The van der Waals surface area contributed by atoms with Crippen LogP contribution < -0.4 is 16.6 Å². The van der Waals surface area contributed by atoms with Gasteiger partial charge in [-0.1, -0.05) is 31.7 Å². The number of nitrogens with two attached hydrogens (primary N) is 1. The second-order valence-corrected chi connectivity index (χ2v) is 7.44. The average molecular weight is 369 g/mol. The van der Waals surface area contributed by atoms with Crippen molar-refractivity contribution in [2.75, 3.05) is 6.54 Å². The van der Waals surface area contributed by atoms with Gasteiger partial charge >= 0.3 is 0 Å². The highest BCUT2D eigenvalue weighted by molar-refractivity contribution is 6.06. The summed E-state index contributed by atoms with van der Waals surface area (Å²) in [5.41, 5.74) is 5.48. The summed E-state index contributed by atoms with van der Waals surface area (Å²) in [7, 11) is 0. The number of amides is 2. The molecule has 27 heavy (non-hydrogen) atoms. The van der Waals surface area contributed by atoms with Crippen LogP contribution in [0.3, 0.4) is 0 Å². The van der Waals surface area contributed by atoms with Gasteiger partial charge in [-0.2, -0.15) is 0 Å². The van der Waals surface area contributed by atoms with Gasteiger partial charge in [-0.3, -0.25) is 14.4 Å². The first-order valence-corrected chi connectivity index (χ1v) is 9.70. The largest absolute Gasteiger partial charge is 0.368 e. The summed E-state index contributed by atoms with van der Waals surface area (Å²) < 4.78 is 1.30. The Labute approximate surface area is 158 Å². The van der Waals surface area contributed by atoms with E-state index in [4.69, 9.17) is 5.73 Å². The quantitative estimate of drug-likeness (QED) is 0.794. The summed E-state index contributed by atoms with van der Waals surface area (Å²) in [5.74, 6) is -0.209. The molecular formula is C21H27N3O3. The molecular weight excluding hydrogens is 342 g/mol. The molecule has 6 heteroatoms. The Kier molecular flexibility index (Phi) is 5.94. The van der Waals surface area contributed by atoms with E-state index in [-0.39, 0.29) is 11.5 Å². The summed E-state index contributed by atoms with van der Waals surface area (Å²) >= 11 is 0. The molecule has 6 nitrogen and oxygen atoms in total. The van der Waals surface area contributed by atoms with Crippen molar-refractivity contribution in [1.82, 2.24) is 9.88 Å². The fourth-order valence-electron chi connectivity index (χ4n) is 3.83. The topological polar surface area (TPSA) is 94.2 Å². The lowest BCUT2D eigenvalue weighted by Gasteiger charge is -2.16. The van der Waals surface area contributed by atoms with Crippen molar-refractivity contribution in [3.8, 4) is 0 Å². The molecule has 0 unspecified atom stereocenters. The Bertz CT molecular complexity index is 895. The van der Waals surface area contributed by atoms with Crippen LogP contribution in [0, 0.1) is 5.92 Å². The molecule has 0 aliphatic heterocycles. The lowest BCUT2D eigenvalue weighted by molar-refractivity contribution is -0.120. The number of hydrogen-bond acceptors (Lipinski definition) is 3. The Morgan fingerprint density at radius 1 is 1.15 bits per heavy atom. The Hall–Kier alpha value is -2.63. The number of carbonyl (C=O) groups is 2. The molecule has 0 bridgehead atoms. The summed E-state index contributed by atoms with van der Waals surface area (Å²) in [4.78, 5) is 36.9. The second kappa shape index (κ2) is 8.37. The van der Waals surface area contributed by atoms with Gasteiger partial charge in [-0.25, -0.2) is 0 Å². The van der Waals surface area contributed by atoms with Gasteiger partial charge in [0.2, 0.25) is 5.91 Å². The molecule has 1 heterocycles. The molecule has 144 valence electrons. The van der Waals surface area contributed by atoms with Gasteiger partial charge in [0.15, 0.2) is 0 Å². The predicted octanol–water partition coefficient (Wildman–Crippen LogP) is 2.75. The van der Waals surface area contributed by atoms with Crippen molar-refractivity contribution in [2.45, 2.75) is 51.5 Å². The Morgan fingerprint density at radius 3 is 2.52 bits per heavy atom. The number of nitrogens with one attached hydrogen (secondary N) is 1. The van der Waals surface area contributed by atoms with Crippen molar-refractivity contribution in [3.05, 3.63) is 46.4 Å². The smallest absolute Gasteiger partial charge is 0.259 e. The zero-order valence-corrected chi connectivity index (χ0v) is 15.7. The molecule has 0 saturated heterocycles. The number of primary amides is 1. The van der Waals surface area contributed by atoms with Gasteiger partial charge in [0, 0.05) is 29.1 Å². The van der Waals surface area contributed by atoms with E-state index in [1.807, 2.05) is 0 Å². The van der Waals surface area contributed by atoms with Crippen LogP contribution in [0.2, 0.25) is 0 Å². The fraction of sp³-hybridized carbons (Fsp3) is 0.476. The van der Waals surface area contributed by atoms with Crippen molar-refractivity contribution in [1.29, 1.82) is 0 Å². The second-order valence-electron chi connectivity index (χ2n) is 7.44. The first-order valence-electron chi connectivity index (χ1n) is 9.70. The van der Waals surface area contributed by atoms with Crippen LogP contribution in [0.15, 0.2) is 35.3 Å². The van der Waals surface area contributed by atoms with Crippen LogP contribution in [0.1, 0.15) is 61.8 Å². The van der Waals surface area contributed by atoms with E-state index in [1.165, 1.54) is 36.4 Å². The maximum atomic E-state index is 12.7. The van der Waals surface area contributed by atoms with Gasteiger partial charge in [0.1, 0.15) is 6.04 Å². The Balaban J connectivity index is 1.84. The highest BCUT2D eigenvalue weighted by Gasteiger charge is 2.18. The molecule has 1 aromatic heterocycles. The van der Waals surface area contributed by atoms with Crippen LogP contribution >= 0.6 is 0 Å². The minimum atomic E-state index is -0.741. The zero-order chi connectivity index (χ0) is 19.4. The van der Waals surface area contributed by atoms with Crippen molar-refractivity contribution < 1.29 is 9.59 Å². The number of rotatable bonds is 5. The van der Waals surface area contributed by atoms with E-state index in [0.717, 1.165) is 12.8 Å². The number of carbonyl (C=O) groups excluding carboxylic acids is 2. The first kappa shape index (κ1) is 19.1. The highest BCUT2D eigenvalue weighted by Crippen LogP contribution is 2.22. The highest BCUT2D eigenvalue weighted by atomic mass is 16.2. The molecule has 0 spiro atoms. The first-order chi connectivity index (χ1) is 13.0. The third kappa shape index (κ3) is 4.21. The van der Waals surface area contributed by atoms with Crippen LogP contribution in [-0.2, 0) is 4.79 Å². The van der Waals surface area contributed by atoms with E-state index in [1.54, 1.807) is 31.2 Å². The molecule has 1 atom stereocenters. The summed E-state index contributed by atoms with van der Waals surface area (Å²) in [5, 5.41) is 4.04. The molecule has 1 fully saturated rings. The Morgan fingerprint density at radius 2 is 1.85 bits per heavy atom. The minimum absolute atomic E-state index is 0.162. The molecule has 2 aromatic rings. The summed E-state index contributed by atoms with van der Waals surface area (Å²) in [6.07, 6.45) is 8.87. The molecule has 3 rings (SSSR count). The standard InChI is InChI=1S/C21H27N3O3/c1-14(19(22)25)24-12-11-16-17(9-6-10-18(16)21(24)27)20(26)23-13-15-7-4-2-3-5-8-15/h6,9-12,14-15H,2-5,7-8,13H2,1H3,(H2,22,25)(H,23,26)/t14-/m1/s1. The van der Waals surface area contributed by atoms with Crippen LogP contribution in [0.5, 0.6) is 0 Å². The monoisotopic (exact) mass is 369 g/mol. The normalized spacial score (nSPS) is 16.6. The maximum absolute atomic E-state index is 12.7. The van der Waals surface area contributed by atoms with Crippen LogP contribution in [0.25, 0.3) is 10.8 Å². The van der Waals surface area contributed by atoms with E-state index >= 15 is 0 Å². The van der Waals surface area contributed by atoms with Gasteiger partial charge in [-0.05, 0) is 43.9 Å². The number of fused-ring (bicyclic) bond motifs is 1. The number of aromatic nitrogens is 1. The zero-order valence-electron chi connectivity index (χ0n) is 15.7. The minimum Gasteiger partial charge on any atom is -0.368 e. The molecule has 1 aromatic carbocycles. The van der Waals surface area contributed by atoms with Crippen molar-refractivity contribution in [3.63, 3.8) is 0 Å². The summed E-state index contributed by atoms with van der Waals surface area (Å²) in [6, 6.07) is 6.06. The van der Waals surface area contributed by atoms with Gasteiger partial charge in [0.25, 0.3) is 11.5 Å². The van der Waals surface area contributed by atoms with Crippen LogP contribution in [-0.4, -0.2) is 22.9 Å². The predicted molar refractivity (Wildman–Crippen MR) is 106 cm³/mol. The lowest BCUT2D eigenvalue weighted by atomic mass is 10.00. The molecule has 1 aliphatic carbocycles. The maximum Gasteiger partial charge on any atom is 0.259 e. The van der Waals surface area contributed by atoms with E-state index in [0.29, 0.717) is 28.8 Å².